The molecule has 15 heavy (non-hydrogen) atoms. The molecule has 0 radical (unpaired) electrons. The number of rotatable bonds is 3. The molecule has 2 aromatic rings. The third kappa shape index (κ3) is 2.55. The average molecular weight is 235 g/mol. The van der Waals surface area contributed by atoms with Crippen LogP contribution in [0.3, 0.4) is 0 Å². The number of para-hydroxylation sites is 1. The number of anilines is 1. The maximum atomic E-state index is 6.00. The number of benzene rings is 1. The number of nitrogens with two attached hydrogens (primary N) is 1. The van der Waals surface area contributed by atoms with E-state index in [2.05, 4.69) is 29.0 Å². The van der Waals surface area contributed by atoms with Gasteiger partial charge in [0.2, 0.25) is 0 Å². The van der Waals surface area contributed by atoms with E-state index in [1.807, 2.05) is 13.0 Å². The van der Waals surface area contributed by atoms with Crippen molar-refractivity contribution in [3.8, 4) is 0 Å². The van der Waals surface area contributed by atoms with Crippen LogP contribution in [-0.2, 0) is 5.75 Å². The van der Waals surface area contributed by atoms with Gasteiger partial charge in [-0.25, -0.2) is 0 Å². The zero-order valence-electron chi connectivity index (χ0n) is 8.57. The minimum absolute atomic E-state index is 0.915. The lowest BCUT2D eigenvalue weighted by molar-refractivity contribution is 1.35. The molecule has 0 fully saturated rings. The Hall–Kier alpha value is -0.930. The highest BCUT2D eigenvalue weighted by Crippen LogP contribution is 2.30. The van der Waals surface area contributed by atoms with Crippen molar-refractivity contribution in [1.82, 2.24) is 0 Å². The predicted molar refractivity (Wildman–Crippen MR) is 69.5 cm³/mol. The van der Waals surface area contributed by atoms with E-state index in [4.69, 9.17) is 5.73 Å². The van der Waals surface area contributed by atoms with Crippen LogP contribution in [-0.4, -0.2) is 0 Å². The molecule has 2 N–H and O–H groups in total. The van der Waals surface area contributed by atoms with E-state index in [0.717, 1.165) is 17.0 Å². The molecule has 0 saturated carbocycles. The second-order valence-corrected chi connectivity index (χ2v) is 5.20. The summed E-state index contributed by atoms with van der Waals surface area (Å²) in [6.07, 6.45) is 0. The summed E-state index contributed by atoms with van der Waals surface area (Å²) in [7, 11) is 0. The van der Waals surface area contributed by atoms with Crippen LogP contribution < -0.4 is 5.73 Å². The molecule has 0 aliphatic carbocycles. The first kappa shape index (κ1) is 10.6. The Bertz CT molecular complexity index is 435. The molecule has 0 spiro atoms. The summed E-state index contributed by atoms with van der Waals surface area (Å²) in [6.45, 7) is 2.05. The Morgan fingerprint density at radius 2 is 2.20 bits per heavy atom. The van der Waals surface area contributed by atoms with Crippen LogP contribution in [0, 0.1) is 6.92 Å². The fourth-order valence-corrected chi connectivity index (χ4v) is 3.08. The van der Waals surface area contributed by atoms with Crippen molar-refractivity contribution in [2.75, 3.05) is 5.73 Å². The van der Waals surface area contributed by atoms with Crippen molar-refractivity contribution in [3.05, 3.63) is 46.2 Å². The standard InChI is InChI=1S/C12H13NS2/c1-9-3-2-4-11(12(9)13)15-8-10-5-6-14-7-10/h2-7H,8,13H2,1H3. The molecule has 0 saturated heterocycles. The fourth-order valence-electron chi connectivity index (χ4n) is 1.32. The quantitative estimate of drug-likeness (QED) is 0.644. The average Bonchev–Trinajstić information content (AvgIpc) is 2.73. The monoisotopic (exact) mass is 235 g/mol. The minimum Gasteiger partial charge on any atom is -0.398 e. The van der Waals surface area contributed by atoms with Crippen LogP contribution in [0.4, 0.5) is 5.69 Å². The molecule has 0 aliphatic rings. The van der Waals surface area contributed by atoms with Gasteiger partial charge in [-0.15, -0.1) is 11.8 Å². The molecule has 1 aromatic heterocycles. The highest BCUT2D eigenvalue weighted by atomic mass is 32.2. The van der Waals surface area contributed by atoms with Gasteiger partial charge in [0.1, 0.15) is 0 Å². The van der Waals surface area contributed by atoms with Crippen molar-refractivity contribution >= 4 is 28.8 Å². The second-order valence-electron chi connectivity index (χ2n) is 3.41. The summed E-state index contributed by atoms with van der Waals surface area (Å²) in [5, 5.41) is 4.29. The zero-order chi connectivity index (χ0) is 10.7. The third-order valence-corrected chi connectivity index (χ3v) is 4.14. The predicted octanol–water partition coefficient (Wildman–Crippen LogP) is 3.93. The van der Waals surface area contributed by atoms with E-state index in [9.17, 15) is 0 Å². The molecule has 3 heteroatoms. The largest absolute Gasteiger partial charge is 0.398 e. The van der Waals surface area contributed by atoms with E-state index < -0.39 is 0 Å². The minimum atomic E-state index is 0.915. The van der Waals surface area contributed by atoms with E-state index in [-0.39, 0.29) is 0 Å². The Labute approximate surface area is 98.3 Å². The van der Waals surface area contributed by atoms with Crippen LogP contribution in [0.25, 0.3) is 0 Å². The Morgan fingerprint density at radius 3 is 2.93 bits per heavy atom. The van der Waals surface area contributed by atoms with Gasteiger partial charge in [-0.2, -0.15) is 11.3 Å². The SMILES string of the molecule is Cc1cccc(SCc2ccsc2)c1N. The maximum absolute atomic E-state index is 6.00. The molecule has 0 amide bonds. The van der Waals surface area contributed by atoms with Crippen LogP contribution in [0.2, 0.25) is 0 Å². The lowest BCUT2D eigenvalue weighted by atomic mass is 10.2. The number of thiophene rings is 1. The van der Waals surface area contributed by atoms with E-state index in [0.29, 0.717) is 0 Å². The van der Waals surface area contributed by atoms with Crippen molar-refractivity contribution in [2.45, 2.75) is 17.6 Å². The Morgan fingerprint density at radius 1 is 1.33 bits per heavy atom. The molecule has 1 heterocycles. The topological polar surface area (TPSA) is 26.0 Å². The van der Waals surface area contributed by atoms with Gasteiger partial charge in [0.25, 0.3) is 0 Å². The van der Waals surface area contributed by atoms with Gasteiger partial charge in [0.05, 0.1) is 0 Å². The summed E-state index contributed by atoms with van der Waals surface area (Å²) in [5.74, 6) is 0.997. The summed E-state index contributed by atoms with van der Waals surface area (Å²) >= 11 is 3.54. The number of aryl methyl sites for hydroxylation is 1. The zero-order valence-corrected chi connectivity index (χ0v) is 10.2. The third-order valence-electron chi connectivity index (χ3n) is 2.26. The van der Waals surface area contributed by atoms with Gasteiger partial charge < -0.3 is 5.73 Å². The Balaban J connectivity index is 2.08. The fraction of sp³-hybridized carbons (Fsp3) is 0.167. The molecule has 78 valence electrons. The molecule has 1 nitrogen and oxygen atoms in total. The first-order valence-electron chi connectivity index (χ1n) is 4.76. The van der Waals surface area contributed by atoms with Crippen molar-refractivity contribution in [3.63, 3.8) is 0 Å². The van der Waals surface area contributed by atoms with Gasteiger partial charge in [-0.1, -0.05) is 12.1 Å². The van der Waals surface area contributed by atoms with Gasteiger partial charge in [-0.3, -0.25) is 0 Å². The van der Waals surface area contributed by atoms with Crippen LogP contribution in [0.15, 0.2) is 39.9 Å². The summed E-state index contributed by atoms with van der Waals surface area (Å²) in [4.78, 5) is 1.18. The number of hydrogen-bond acceptors (Lipinski definition) is 3. The van der Waals surface area contributed by atoms with Gasteiger partial charge in [0.15, 0.2) is 0 Å². The van der Waals surface area contributed by atoms with Crippen molar-refractivity contribution < 1.29 is 0 Å². The highest BCUT2D eigenvalue weighted by molar-refractivity contribution is 7.98. The molecule has 1 aromatic carbocycles. The highest BCUT2D eigenvalue weighted by Gasteiger charge is 2.02. The van der Waals surface area contributed by atoms with E-state index in [1.54, 1.807) is 23.1 Å². The molecule has 0 unspecified atom stereocenters. The number of nitrogen functional groups attached to an aromatic ring is 1. The van der Waals surface area contributed by atoms with Crippen molar-refractivity contribution in [2.24, 2.45) is 0 Å². The summed E-state index contributed by atoms with van der Waals surface area (Å²) in [6, 6.07) is 8.34. The first-order chi connectivity index (χ1) is 7.27. The lowest BCUT2D eigenvalue weighted by Crippen LogP contribution is -1.92. The molecule has 2 rings (SSSR count). The number of thioether (sulfide) groups is 1. The van der Waals surface area contributed by atoms with Gasteiger partial charge in [0, 0.05) is 16.3 Å². The first-order valence-corrected chi connectivity index (χ1v) is 6.69. The molecule has 0 aliphatic heterocycles. The Kier molecular flexibility index (Phi) is 3.34. The normalized spacial score (nSPS) is 10.5. The smallest absolute Gasteiger partial charge is 0.0482 e. The van der Waals surface area contributed by atoms with Crippen LogP contribution >= 0.6 is 23.1 Å². The molecule has 0 bridgehead atoms. The maximum Gasteiger partial charge on any atom is 0.0482 e. The van der Waals surface area contributed by atoms with Gasteiger partial charge >= 0.3 is 0 Å². The molecule has 0 atom stereocenters. The summed E-state index contributed by atoms with van der Waals surface area (Å²) in [5.41, 5.74) is 9.44. The second kappa shape index (κ2) is 4.73. The van der Waals surface area contributed by atoms with Crippen LogP contribution in [0.1, 0.15) is 11.1 Å². The van der Waals surface area contributed by atoms with E-state index in [1.165, 1.54) is 10.5 Å². The van der Waals surface area contributed by atoms with Crippen molar-refractivity contribution in [1.29, 1.82) is 0 Å². The van der Waals surface area contributed by atoms with Crippen LogP contribution in [0.5, 0.6) is 0 Å². The number of hydrogen-bond donors (Lipinski definition) is 1. The lowest BCUT2D eigenvalue weighted by Gasteiger charge is -2.06. The van der Waals surface area contributed by atoms with Gasteiger partial charge in [-0.05, 0) is 40.9 Å². The summed E-state index contributed by atoms with van der Waals surface area (Å²) < 4.78 is 0. The molecular weight excluding hydrogens is 222 g/mol. The van der Waals surface area contributed by atoms with E-state index >= 15 is 0 Å². The molecular formula is C12H13NS2.